The maximum absolute atomic E-state index is 12.7. The molecular weight excluding hydrogens is 385 g/mol. The number of rotatable bonds is 7. The molecule has 1 aliphatic rings. The highest BCUT2D eigenvalue weighted by Crippen LogP contribution is 2.50. The number of methoxy groups -OCH3 is 2. The van der Waals surface area contributed by atoms with E-state index in [1.807, 2.05) is 18.2 Å². The molecular formula is C19H26NO7P. The van der Waals surface area contributed by atoms with Crippen molar-refractivity contribution >= 4 is 25.7 Å². The van der Waals surface area contributed by atoms with Gasteiger partial charge in [-0.1, -0.05) is 18.2 Å². The minimum atomic E-state index is -3.35. The quantitative estimate of drug-likeness (QED) is 0.500. The number of benzene rings is 1. The fourth-order valence-electron chi connectivity index (χ4n) is 3.12. The van der Waals surface area contributed by atoms with Crippen molar-refractivity contribution in [2.75, 3.05) is 27.4 Å². The highest BCUT2D eigenvalue weighted by atomic mass is 31.2. The maximum atomic E-state index is 12.7. The molecule has 154 valence electrons. The number of carbonyl (C=O) groups is 2. The van der Waals surface area contributed by atoms with Crippen molar-refractivity contribution in [1.82, 2.24) is 4.90 Å². The standard InChI is InChI=1S/C19H26NO7P/c1-5-26-28(23,27-6-2)11-10-14-8-7-9-15-13-20(19(22)25-4)17(12-16(14)15)18(21)24-3/h7-11,17H,5-6,12-13H2,1-4H3/b11-10+. The Labute approximate surface area is 164 Å². The highest BCUT2D eigenvalue weighted by Gasteiger charge is 2.36. The summed E-state index contributed by atoms with van der Waals surface area (Å²) in [5.41, 5.74) is 2.51. The molecule has 0 radical (unpaired) electrons. The van der Waals surface area contributed by atoms with Crippen LogP contribution in [0.4, 0.5) is 4.79 Å². The molecule has 0 aliphatic carbocycles. The van der Waals surface area contributed by atoms with Crippen LogP contribution in [0, 0.1) is 0 Å². The predicted octanol–water partition coefficient (Wildman–Crippen LogP) is 3.59. The lowest BCUT2D eigenvalue weighted by atomic mass is 9.90. The van der Waals surface area contributed by atoms with E-state index in [2.05, 4.69) is 0 Å². The summed E-state index contributed by atoms with van der Waals surface area (Å²) in [6, 6.07) is 4.75. The molecule has 0 fully saturated rings. The SMILES string of the molecule is CCOP(=O)(/C=C/c1cccc2c1CC(C(=O)OC)N(C(=O)OC)C2)OCC. The van der Waals surface area contributed by atoms with Gasteiger partial charge in [0.05, 0.1) is 34.0 Å². The molecule has 1 aromatic carbocycles. The first-order valence-electron chi connectivity index (χ1n) is 9.00. The number of hydrogen-bond acceptors (Lipinski definition) is 7. The number of fused-ring (bicyclic) bond motifs is 1. The van der Waals surface area contributed by atoms with Crippen LogP contribution >= 0.6 is 7.60 Å². The van der Waals surface area contributed by atoms with Crippen LogP contribution in [0.1, 0.15) is 30.5 Å². The van der Waals surface area contributed by atoms with Crippen LogP contribution < -0.4 is 0 Å². The third kappa shape index (κ3) is 5.01. The van der Waals surface area contributed by atoms with Crippen LogP contribution in [-0.2, 0) is 40.8 Å². The molecule has 1 atom stereocenters. The fraction of sp³-hybridized carbons (Fsp3) is 0.474. The molecule has 1 amide bonds. The van der Waals surface area contributed by atoms with Crippen molar-refractivity contribution in [3.8, 4) is 0 Å². The third-order valence-corrected chi connectivity index (χ3v) is 6.11. The Hall–Kier alpha value is -2.15. The van der Waals surface area contributed by atoms with Crippen LogP contribution in [0.3, 0.4) is 0 Å². The molecule has 8 nitrogen and oxygen atoms in total. The van der Waals surface area contributed by atoms with Crippen molar-refractivity contribution in [3.63, 3.8) is 0 Å². The van der Waals surface area contributed by atoms with Crippen LogP contribution in [0.2, 0.25) is 0 Å². The Kier molecular flexibility index (Phi) is 7.80. The number of amides is 1. The summed E-state index contributed by atoms with van der Waals surface area (Å²) in [6.07, 6.45) is 1.33. The molecule has 0 N–H and O–H groups in total. The summed E-state index contributed by atoms with van der Waals surface area (Å²) in [5, 5.41) is 0. The predicted molar refractivity (Wildman–Crippen MR) is 104 cm³/mol. The van der Waals surface area contributed by atoms with E-state index in [1.165, 1.54) is 24.9 Å². The topological polar surface area (TPSA) is 91.4 Å². The van der Waals surface area contributed by atoms with E-state index in [1.54, 1.807) is 19.9 Å². The Morgan fingerprint density at radius 3 is 2.43 bits per heavy atom. The van der Waals surface area contributed by atoms with Gasteiger partial charge in [0, 0.05) is 12.2 Å². The molecule has 0 spiro atoms. The summed E-state index contributed by atoms with van der Waals surface area (Å²) >= 11 is 0. The van der Waals surface area contributed by atoms with Gasteiger partial charge in [0.2, 0.25) is 0 Å². The number of carbonyl (C=O) groups excluding carboxylic acids is 2. The summed E-state index contributed by atoms with van der Waals surface area (Å²) in [6.45, 7) is 4.20. The first-order chi connectivity index (χ1) is 13.4. The fourth-order valence-corrected chi connectivity index (χ4v) is 4.43. The van der Waals surface area contributed by atoms with Crippen LogP contribution in [0.25, 0.3) is 6.08 Å². The Morgan fingerprint density at radius 2 is 1.86 bits per heavy atom. The zero-order valence-electron chi connectivity index (χ0n) is 16.5. The Balaban J connectivity index is 2.40. The molecule has 1 unspecified atom stereocenters. The number of ether oxygens (including phenoxy) is 2. The minimum Gasteiger partial charge on any atom is -0.467 e. The minimum absolute atomic E-state index is 0.206. The van der Waals surface area contributed by atoms with Gasteiger partial charge in [0.1, 0.15) is 6.04 Å². The zero-order valence-corrected chi connectivity index (χ0v) is 17.4. The lowest BCUT2D eigenvalue weighted by Gasteiger charge is -2.34. The van der Waals surface area contributed by atoms with Crippen molar-refractivity contribution in [2.45, 2.75) is 32.9 Å². The van der Waals surface area contributed by atoms with Crippen LogP contribution in [-0.4, -0.2) is 50.4 Å². The van der Waals surface area contributed by atoms with Gasteiger partial charge >= 0.3 is 19.7 Å². The van der Waals surface area contributed by atoms with Gasteiger partial charge in [-0.05, 0) is 36.6 Å². The van der Waals surface area contributed by atoms with Crippen molar-refractivity contribution < 1.29 is 32.7 Å². The molecule has 2 rings (SSSR count). The van der Waals surface area contributed by atoms with Gasteiger partial charge in [-0.3, -0.25) is 9.46 Å². The highest BCUT2D eigenvalue weighted by molar-refractivity contribution is 7.57. The summed E-state index contributed by atoms with van der Waals surface area (Å²) in [5.74, 6) is 0.902. The summed E-state index contributed by atoms with van der Waals surface area (Å²) < 4.78 is 32.9. The van der Waals surface area contributed by atoms with Crippen molar-refractivity contribution in [3.05, 3.63) is 40.7 Å². The van der Waals surface area contributed by atoms with Crippen molar-refractivity contribution in [2.24, 2.45) is 0 Å². The van der Waals surface area contributed by atoms with E-state index in [4.69, 9.17) is 18.5 Å². The molecule has 1 aliphatic heterocycles. The van der Waals surface area contributed by atoms with Gasteiger partial charge < -0.3 is 18.5 Å². The first-order valence-corrected chi connectivity index (χ1v) is 10.6. The summed E-state index contributed by atoms with van der Waals surface area (Å²) in [7, 11) is -0.805. The second-order valence-corrected chi connectivity index (χ2v) is 7.91. The van der Waals surface area contributed by atoms with Gasteiger partial charge in [-0.2, -0.15) is 0 Å². The number of esters is 1. The van der Waals surface area contributed by atoms with Gasteiger partial charge in [-0.15, -0.1) is 0 Å². The van der Waals surface area contributed by atoms with E-state index in [-0.39, 0.29) is 26.2 Å². The number of hydrogen-bond donors (Lipinski definition) is 0. The normalized spacial score (nSPS) is 16.7. The van der Waals surface area contributed by atoms with E-state index < -0.39 is 25.7 Å². The largest absolute Gasteiger partial charge is 0.467 e. The summed E-state index contributed by atoms with van der Waals surface area (Å²) in [4.78, 5) is 25.7. The van der Waals surface area contributed by atoms with Crippen LogP contribution in [0.15, 0.2) is 24.0 Å². The van der Waals surface area contributed by atoms with Gasteiger partial charge in [0.25, 0.3) is 0 Å². The monoisotopic (exact) mass is 411 g/mol. The molecule has 0 saturated carbocycles. The van der Waals surface area contributed by atoms with Crippen molar-refractivity contribution in [1.29, 1.82) is 0 Å². The molecule has 1 heterocycles. The Bertz CT molecular complexity index is 782. The smallest absolute Gasteiger partial charge is 0.410 e. The molecule has 0 bridgehead atoms. The molecule has 9 heteroatoms. The Morgan fingerprint density at radius 1 is 1.18 bits per heavy atom. The average Bonchev–Trinajstić information content (AvgIpc) is 2.70. The zero-order chi connectivity index (χ0) is 20.7. The molecule has 0 aromatic heterocycles. The molecule has 1 aromatic rings. The van der Waals surface area contributed by atoms with E-state index in [0.717, 1.165) is 16.7 Å². The molecule has 0 saturated heterocycles. The van der Waals surface area contributed by atoms with E-state index in [9.17, 15) is 14.2 Å². The van der Waals surface area contributed by atoms with E-state index >= 15 is 0 Å². The van der Waals surface area contributed by atoms with E-state index in [0.29, 0.717) is 0 Å². The van der Waals surface area contributed by atoms with Gasteiger partial charge in [0.15, 0.2) is 0 Å². The first kappa shape index (κ1) is 22.1. The third-order valence-electron chi connectivity index (χ3n) is 4.36. The average molecular weight is 411 g/mol. The second kappa shape index (κ2) is 9.87. The van der Waals surface area contributed by atoms with Gasteiger partial charge in [-0.25, -0.2) is 9.59 Å². The van der Waals surface area contributed by atoms with Crippen LogP contribution in [0.5, 0.6) is 0 Å². The maximum Gasteiger partial charge on any atom is 0.410 e. The second-order valence-electron chi connectivity index (χ2n) is 6.02. The lowest BCUT2D eigenvalue weighted by Crippen LogP contribution is -2.49. The molecule has 28 heavy (non-hydrogen) atoms. The number of nitrogens with zero attached hydrogens (tertiary/aromatic N) is 1. The lowest BCUT2D eigenvalue weighted by molar-refractivity contribution is -0.146.